The van der Waals surface area contributed by atoms with Crippen LogP contribution < -0.4 is 10.6 Å². The third kappa shape index (κ3) is 3.91. The van der Waals surface area contributed by atoms with Gasteiger partial charge >= 0.3 is 0 Å². The van der Waals surface area contributed by atoms with Crippen LogP contribution in [0.2, 0.25) is 0 Å². The number of benzene rings is 1. The molecule has 0 radical (unpaired) electrons. The van der Waals surface area contributed by atoms with Gasteiger partial charge in [-0.15, -0.1) is 0 Å². The Morgan fingerprint density at radius 2 is 1.74 bits per heavy atom. The summed E-state index contributed by atoms with van der Waals surface area (Å²) in [6, 6.07) is 8.32. The Balaban J connectivity index is 1.52. The molecular formula is C18H25N3O2. The summed E-state index contributed by atoms with van der Waals surface area (Å²) in [5.41, 5.74) is 1.38. The molecular weight excluding hydrogens is 290 g/mol. The van der Waals surface area contributed by atoms with Gasteiger partial charge in [0.2, 0.25) is 5.91 Å². The number of carbonyl (C=O) groups excluding carboxylic acids is 2. The first kappa shape index (κ1) is 16.0. The Labute approximate surface area is 137 Å². The number of nitrogens with zero attached hydrogens (tertiary/aromatic N) is 1. The van der Waals surface area contributed by atoms with E-state index in [-0.39, 0.29) is 11.8 Å². The predicted octanol–water partition coefficient (Wildman–Crippen LogP) is 2.25. The maximum Gasteiger partial charge on any atom is 0.253 e. The van der Waals surface area contributed by atoms with Gasteiger partial charge in [-0.3, -0.25) is 9.59 Å². The predicted molar refractivity (Wildman–Crippen MR) is 90.4 cm³/mol. The van der Waals surface area contributed by atoms with E-state index in [1.165, 1.54) is 12.8 Å². The number of hydrogen-bond acceptors (Lipinski definition) is 3. The Bertz CT molecular complexity index is 570. The van der Waals surface area contributed by atoms with Crippen LogP contribution in [0.3, 0.4) is 0 Å². The van der Waals surface area contributed by atoms with Crippen molar-refractivity contribution in [1.82, 2.24) is 10.2 Å². The summed E-state index contributed by atoms with van der Waals surface area (Å²) in [6.45, 7) is 0. The van der Waals surface area contributed by atoms with Gasteiger partial charge < -0.3 is 15.5 Å². The van der Waals surface area contributed by atoms with Gasteiger partial charge in [-0.25, -0.2) is 0 Å². The fraction of sp³-hybridized carbons (Fsp3) is 0.556. The van der Waals surface area contributed by atoms with Crippen molar-refractivity contribution in [2.24, 2.45) is 5.92 Å². The van der Waals surface area contributed by atoms with E-state index in [1.807, 2.05) is 0 Å². The highest BCUT2D eigenvalue weighted by molar-refractivity contribution is 5.95. The molecule has 124 valence electrons. The number of rotatable bonds is 4. The molecule has 2 aliphatic rings. The molecule has 0 aliphatic carbocycles. The second-order valence-electron chi connectivity index (χ2n) is 7.00. The molecule has 2 heterocycles. The molecule has 2 aliphatic heterocycles. The van der Waals surface area contributed by atoms with Crippen LogP contribution >= 0.6 is 0 Å². The zero-order chi connectivity index (χ0) is 16.4. The highest BCUT2D eigenvalue weighted by Crippen LogP contribution is 2.32. The highest BCUT2D eigenvalue weighted by atomic mass is 16.2. The maximum atomic E-state index is 12.2. The number of carbonyl (C=O) groups is 2. The van der Waals surface area contributed by atoms with E-state index in [4.69, 9.17) is 0 Å². The molecule has 1 aromatic carbocycles. The van der Waals surface area contributed by atoms with Crippen molar-refractivity contribution in [3.63, 3.8) is 0 Å². The average Bonchev–Trinajstić information content (AvgIpc) is 2.86. The molecule has 0 aromatic heterocycles. The smallest absolute Gasteiger partial charge is 0.253 e. The van der Waals surface area contributed by atoms with Crippen molar-refractivity contribution in [3.05, 3.63) is 29.8 Å². The van der Waals surface area contributed by atoms with Gasteiger partial charge in [0, 0.05) is 43.9 Å². The van der Waals surface area contributed by atoms with Crippen molar-refractivity contribution in [1.29, 1.82) is 0 Å². The van der Waals surface area contributed by atoms with Gasteiger partial charge in [0.1, 0.15) is 0 Å². The largest absolute Gasteiger partial charge is 0.345 e. The first-order valence-electron chi connectivity index (χ1n) is 8.39. The molecule has 2 saturated heterocycles. The van der Waals surface area contributed by atoms with Crippen molar-refractivity contribution >= 4 is 17.5 Å². The van der Waals surface area contributed by atoms with Gasteiger partial charge in [0.05, 0.1) is 0 Å². The van der Waals surface area contributed by atoms with Crippen molar-refractivity contribution < 1.29 is 9.59 Å². The third-order valence-electron chi connectivity index (χ3n) is 4.87. The summed E-state index contributed by atoms with van der Waals surface area (Å²) in [5.74, 6) is 0.527. The topological polar surface area (TPSA) is 61.4 Å². The van der Waals surface area contributed by atoms with Crippen LogP contribution in [0.5, 0.6) is 0 Å². The number of hydrogen-bond donors (Lipinski definition) is 2. The minimum atomic E-state index is -0.0342. The lowest BCUT2D eigenvalue weighted by Crippen LogP contribution is -2.39. The van der Waals surface area contributed by atoms with Crippen LogP contribution in [0.1, 0.15) is 42.5 Å². The van der Waals surface area contributed by atoms with E-state index in [1.54, 1.807) is 43.3 Å². The van der Waals surface area contributed by atoms with Gasteiger partial charge in [-0.1, -0.05) is 0 Å². The van der Waals surface area contributed by atoms with E-state index in [9.17, 15) is 9.59 Å². The summed E-state index contributed by atoms with van der Waals surface area (Å²) >= 11 is 0. The van der Waals surface area contributed by atoms with Gasteiger partial charge in [-0.2, -0.15) is 0 Å². The normalized spacial score (nSPS) is 25.9. The van der Waals surface area contributed by atoms with Crippen LogP contribution in [-0.2, 0) is 4.79 Å². The molecule has 2 unspecified atom stereocenters. The van der Waals surface area contributed by atoms with Crippen LogP contribution in [0, 0.1) is 5.92 Å². The minimum Gasteiger partial charge on any atom is -0.345 e. The molecule has 2 fully saturated rings. The summed E-state index contributed by atoms with van der Waals surface area (Å²) in [6.07, 6.45) is 5.32. The van der Waals surface area contributed by atoms with Crippen LogP contribution in [0.15, 0.2) is 24.3 Å². The van der Waals surface area contributed by atoms with Gasteiger partial charge in [0.15, 0.2) is 0 Å². The van der Waals surface area contributed by atoms with Crippen LogP contribution in [0.4, 0.5) is 5.69 Å². The second kappa shape index (κ2) is 6.71. The summed E-state index contributed by atoms with van der Waals surface area (Å²) in [5, 5.41) is 6.55. The van der Waals surface area contributed by atoms with Gasteiger partial charge in [0.25, 0.3) is 5.91 Å². The number of amides is 2. The first-order valence-corrected chi connectivity index (χ1v) is 8.39. The van der Waals surface area contributed by atoms with E-state index < -0.39 is 0 Å². The summed E-state index contributed by atoms with van der Waals surface area (Å²) in [4.78, 5) is 25.6. The molecule has 23 heavy (non-hydrogen) atoms. The highest BCUT2D eigenvalue weighted by Gasteiger charge is 2.34. The Morgan fingerprint density at radius 1 is 1.13 bits per heavy atom. The van der Waals surface area contributed by atoms with E-state index >= 15 is 0 Å². The molecule has 2 atom stereocenters. The van der Waals surface area contributed by atoms with Crippen LogP contribution in [0.25, 0.3) is 0 Å². The summed E-state index contributed by atoms with van der Waals surface area (Å²) in [7, 11) is 3.45. The number of nitrogens with one attached hydrogen (secondary N) is 2. The second-order valence-corrected chi connectivity index (χ2v) is 7.00. The number of fused-ring (bicyclic) bond motifs is 2. The van der Waals surface area contributed by atoms with E-state index in [0.717, 1.165) is 18.5 Å². The molecule has 5 heteroatoms. The standard InChI is InChI=1S/C18H25N3O2/c1-21(2)18(23)13-3-5-14(6-4-13)20-17(22)11-12-9-15-7-8-16(10-12)19-15/h3-6,12,15-16,19H,7-11H2,1-2H3,(H,20,22). The molecule has 2 bridgehead atoms. The third-order valence-corrected chi connectivity index (χ3v) is 4.87. The molecule has 5 nitrogen and oxygen atoms in total. The summed E-state index contributed by atoms with van der Waals surface area (Å²) < 4.78 is 0. The molecule has 2 amide bonds. The van der Waals surface area contributed by atoms with Crippen LogP contribution in [-0.4, -0.2) is 42.9 Å². The van der Waals surface area contributed by atoms with Crippen molar-refractivity contribution in [3.8, 4) is 0 Å². The van der Waals surface area contributed by atoms with E-state index in [0.29, 0.717) is 30.0 Å². The zero-order valence-electron chi connectivity index (χ0n) is 13.8. The Morgan fingerprint density at radius 3 is 2.30 bits per heavy atom. The fourth-order valence-electron chi connectivity index (χ4n) is 3.77. The van der Waals surface area contributed by atoms with Gasteiger partial charge in [-0.05, 0) is 55.9 Å². The monoisotopic (exact) mass is 315 g/mol. The fourth-order valence-corrected chi connectivity index (χ4v) is 3.77. The Hall–Kier alpha value is -1.88. The molecule has 2 N–H and O–H groups in total. The average molecular weight is 315 g/mol. The SMILES string of the molecule is CN(C)C(=O)c1ccc(NC(=O)CC2CC3CCC(C2)N3)cc1. The lowest BCUT2D eigenvalue weighted by atomic mass is 9.89. The van der Waals surface area contributed by atoms with Crippen molar-refractivity contribution in [2.45, 2.75) is 44.2 Å². The maximum absolute atomic E-state index is 12.2. The quantitative estimate of drug-likeness (QED) is 0.896. The number of anilines is 1. The first-order chi connectivity index (χ1) is 11.0. The minimum absolute atomic E-state index is 0.0342. The van der Waals surface area contributed by atoms with E-state index in [2.05, 4.69) is 10.6 Å². The number of piperidine rings is 1. The molecule has 3 rings (SSSR count). The Kier molecular flexibility index (Phi) is 4.66. The zero-order valence-corrected chi connectivity index (χ0v) is 13.8. The molecule has 1 aromatic rings. The lowest BCUT2D eigenvalue weighted by molar-refractivity contribution is -0.117. The van der Waals surface area contributed by atoms with Crippen molar-refractivity contribution in [2.75, 3.05) is 19.4 Å². The molecule has 0 saturated carbocycles. The lowest BCUT2D eigenvalue weighted by Gasteiger charge is -2.28. The molecule has 0 spiro atoms.